The van der Waals surface area contributed by atoms with E-state index in [1.54, 1.807) is 0 Å². The van der Waals surface area contributed by atoms with Crippen molar-refractivity contribution in [3.8, 4) is 0 Å². The van der Waals surface area contributed by atoms with E-state index in [0.29, 0.717) is 5.25 Å². The minimum Gasteiger partial charge on any atom is -0.293 e. The van der Waals surface area contributed by atoms with Gasteiger partial charge in [0.25, 0.3) is 0 Å². The quantitative estimate of drug-likeness (QED) is 0.736. The van der Waals surface area contributed by atoms with E-state index in [1.807, 2.05) is 36.0 Å². The van der Waals surface area contributed by atoms with Gasteiger partial charge in [-0.2, -0.15) is 0 Å². The Bertz CT molecular complexity index is 390. The van der Waals surface area contributed by atoms with Crippen LogP contribution in [0.25, 0.3) is 0 Å². The third kappa shape index (κ3) is 3.61. The lowest BCUT2D eigenvalue weighted by Gasteiger charge is -2.23. The summed E-state index contributed by atoms with van der Waals surface area (Å²) in [7, 11) is 0. The summed E-state index contributed by atoms with van der Waals surface area (Å²) in [6.45, 7) is 4.11. The molecule has 2 rings (SSSR count). The Morgan fingerprint density at radius 2 is 1.78 bits per heavy atom. The Morgan fingerprint density at radius 1 is 1.17 bits per heavy atom. The first-order chi connectivity index (χ1) is 8.66. The number of hydrogen-bond donors (Lipinski definition) is 0. The van der Waals surface area contributed by atoms with Crippen LogP contribution in [-0.2, 0) is 0 Å². The monoisotopic (exact) mass is 262 g/mol. The van der Waals surface area contributed by atoms with Gasteiger partial charge >= 0.3 is 0 Å². The first kappa shape index (κ1) is 13.7. The molecule has 0 amide bonds. The SMILES string of the molecule is Cc1ccc(C(=O)C(C)SC2CCCCC2)cc1. The Kier molecular flexibility index (Phi) is 4.87. The molecule has 1 aliphatic carbocycles. The first-order valence-electron chi connectivity index (χ1n) is 6.93. The molecule has 1 saturated carbocycles. The standard InChI is InChI=1S/C16H22OS/c1-12-8-10-14(11-9-12)16(17)13(2)18-15-6-4-3-5-7-15/h8-11,13,15H,3-7H2,1-2H3. The minimum absolute atomic E-state index is 0.0933. The van der Waals surface area contributed by atoms with E-state index >= 15 is 0 Å². The molecule has 1 aromatic carbocycles. The lowest BCUT2D eigenvalue weighted by Crippen LogP contribution is -2.19. The van der Waals surface area contributed by atoms with Crippen LogP contribution in [0.1, 0.15) is 54.9 Å². The number of hydrogen-bond acceptors (Lipinski definition) is 2. The number of rotatable bonds is 4. The van der Waals surface area contributed by atoms with E-state index in [0.717, 1.165) is 5.56 Å². The number of carbonyl (C=O) groups excluding carboxylic acids is 1. The summed E-state index contributed by atoms with van der Waals surface area (Å²) in [4.78, 5) is 12.3. The number of thioether (sulfide) groups is 1. The molecule has 2 heteroatoms. The highest BCUT2D eigenvalue weighted by Gasteiger charge is 2.22. The molecule has 0 radical (unpaired) electrons. The summed E-state index contributed by atoms with van der Waals surface area (Å²) < 4.78 is 0. The fourth-order valence-electron chi connectivity index (χ4n) is 2.50. The van der Waals surface area contributed by atoms with Crippen molar-refractivity contribution in [2.75, 3.05) is 0 Å². The molecule has 0 spiro atoms. The van der Waals surface area contributed by atoms with Crippen molar-refractivity contribution in [3.63, 3.8) is 0 Å². The van der Waals surface area contributed by atoms with E-state index in [-0.39, 0.29) is 11.0 Å². The maximum atomic E-state index is 12.3. The van der Waals surface area contributed by atoms with Gasteiger partial charge < -0.3 is 0 Å². The van der Waals surface area contributed by atoms with E-state index in [2.05, 4.69) is 13.8 Å². The highest BCUT2D eigenvalue weighted by Crippen LogP contribution is 2.32. The average Bonchev–Trinajstić information content (AvgIpc) is 2.40. The summed E-state index contributed by atoms with van der Waals surface area (Å²) in [5.74, 6) is 0.283. The molecule has 18 heavy (non-hydrogen) atoms. The van der Waals surface area contributed by atoms with Crippen LogP contribution in [0.2, 0.25) is 0 Å². The molecule has 1 fully saturated rings. The minimum atomic E-state index is 0.0933. The van der Waals surface area contributed by atoms with Crippen LogP contribution in [0.5, 0.6) is 0 Å². The molecule has 1 aliphatic rings. The first-order valence-corrected chi connectivity index (χ1v) is 7.87. The molecule has 0 bridgehead atoms. The van der Waals surface area contributed by atoms with Crippen LogP contribution >= 0.6 is 11.8 Å². The highest BCUT2D eigenvalue weighted by molar-refractivity contribution is 8.01. The lowest BCUT2D eigenvalue weighted by molar-refractivity contribution is 0.0993. The normalized spacial score (nSPS) is 18.6. The number of aryl methyl sites for hydroxylation is 1. The summed E-state index contributed by atoms with van der Waals surface area (Å²) in [6.07, 6.45) is 6.62. The van der Waals surface area contributed by atoms with Crippen LogP contribution in [0.4, 0.5) is 0 Å². The Morgan fingerprint density at radius 3 is 2.39 bits per heavy atom. The second-order valence-electron chi connectivity index (χ2n) is 5.27. The number of Topliss-reactive ketones (excluding diaryl/α,β-unsaturated/α-hetero) is 1. The predicted octanol–water partition coefficient (Wildman–Crippen LogP) is 4.63. The zero-order chi connectivity index (χ0) is 13.0. The summed E-state index contributed by atoms with van der Waals surface area (Å²) in [5.41, 5.74) is 2.07. The Hall–Kier alpha value is -0.760. The molecule has 0 N–H and O–H groups in total. The van der Waals surface area contributed by atoms with Gasteiger partial charge in [-0.25, -0.2) is 0 Å². The van der Waals surface area contributed by atoms with Gasteiger partial charge in [-0.15, -0.1) is 11.8 Å². The van der Waals surface area contributed by atoms with Gasteiger partial charge in [-0.1, -0.05) is 49.1 Å². The fourth-order valence-corrected chi connectivity index (χ4v) is 3.95. The second-order valence-corrected chi connectivity index (χ2v) is 6.91. The highest BCUT2D eigenvalue weighted by atomic mass is 32.2. The van der Waals surface area contributed by atoms with Crippen LogP contribution in [-0.4, -0.2) is 16.3 Å². The third-order valence-electron chi connectivity index (χ3n) is 3.65. The van der Waals surface area contributed by atoms with Crippen molar-refractivity contribution in [3.05, 3.63) is 35.4 Å². The van der Waals surface area contributed by atoms with Crippen LogP contribution in [0.3, 0.4) is 0 Å². The second kappa shape index (κ2) is 6.42. The van der Waals surface area contributed by atoms with Gasteiger partial charge in [0.1, 0.15) is 0 Å². The smallest absolute Gasteiger partial charge is 0.175 e. The molecule has 98 valence electrons. The van der Waals surface area contributed by atoms with Crippen LogP contribution in [0, 0.1) is 6.92 Å². The number of benzene rings is 1. The Balaban J connectivity index is 1.93. The molecule has 0 aliphatic heterocycles. The van der Waals surface area contributed by atoms with Crippen molar-refractivity contribution in [1.29, 1.82) is 0 Å². The molecule has 1 atom stereocenters. The number of ketones is 1. The van der Waals surface area contributed by atoms with Gasteiger partial charge in [0, 0.05) is 10.8 Å². The third-order valence-corrected chi connectivity index (χ3v) is 5.13. The number of carbonyl (C=O) groups is 1. The van der Waals surface area contributed by atoms with Gasteiger partial charge in [0.2, 0.25) is 0 Å². The van der Waals surface area contributed by atoms with E-state index in [1.165, 1.54) is 37.7 Å². The zero-order valence-corrected chi connectivity index (χ0v) is 12.1. The maximum Gasteiger partial charge on any atom is 0.175 e. The summed E-state index contributed by atoms with van der Waals surface area (Å²) >= 11 is 1.88. The van der Waals surface area contributed by atoms with Crippen LogP contribution in [0.15, 0.2) is 24.3 Å². The molecular weight excluding hydrogens is 240 g/mol. The summed E-state index contributed by atoms with van der Waals surface area (Å²) in [6, 6.07) is 7.95. The topological polar surface area (TPSA) is 17.1 Å². The molecular formula is C16H22OS. The average molecular weight is 262 g/mol. The Labute approximate surface area is 114 Å². The van der Waals surface area contributed by atoms with E-state index in [9.17, 15) is 4.79 Å². The van der Waals surface area contributed by atoms with Crippen LogP contribution < -0.4 is 0 Å². The maximum absolute atomic E-state index is 12.3. The zero-order valence-electron chi connectivity index (χ0n) is 11.3. The largest absolute Gasteiger partial charge is 0.293 e. The summed E-state index contributed by atoms with van der Waals surface area (Å²) in [5, 5.41) is 0.791. The van der Waals surface area contributed by atoms with Gasteiger partial charge in [-0.05, 0) is 26.7 Å². The molecule has 0 saturated heterocycles. The molecule has 1 nitrogen and oxygen atoms in total. The van der Waals surface area contributed by atoms with Gasteiger partial charge in [0.05, 0.1) is 5.25 Å². The van der Waals surface area contributed by atoms with Crippen molar-refractivity contribution >= 4 is 17.5 Å². The molecule has 1 unspecified atom stereocenters. The lowest BCUT2D eigenvalue weighted by atomic mass is 10.0. The van der Waals surface area contributed by atoms with Crippen molar-refractivity contribution in [2.45, 2.75) is 56.5 Å². The van der Waals surface area contributed by atoms with Crippen molar-refractivity contribution in [2.24, 2.45) is 0 Å². The molecule has 1 aromatic rings. The van der Waals surface area contributed by atoms with E-state index in [4.69, 9.17) is 0 Å². The molecule has 0 heterocycles. The van der Waals surface area contributed by atoms with Crippen molar-refractivity contribution < 1.29 is 4.79 Å². The van der Waals surface area contributed by atoms with Gasteiger partial charge in [0.15, 0.2) is 5.78 Å². The van der Waals surface area contributed by atoms with Gasteiger partial charge in [-0.3, -0.25) is 4.79 Å². The predicted molar refractivity (Wildman–Crippen MR) is 79.4 cm³/mol. The van der Waals surface area contributed by atoms with E-state index < -0.39 is 0 Å². The fraction of sp³-hybridized carbons (Fsp3) is 0.562. The van der Waals surface area contributed by atoms with Crippen molar-refractivity contribution in [1.82, 2.24) is 0 Å². The molecule has 0 aromatic heterocycles.